The molecule has 0 aromatic heterocycles. The van der Waals surface area contributed by atoms with Crippen LogP contribution in [0.4, 0.5) is 0 Å². The van der Waals surface area contributed by atoms with Crippen LogP contribution in [0.15, 0.2) is 0 Å². The molecule has 0 aromatic rings. The summed E-state index contributed by atoms with van der Waals surface area (Å²) in [6.07, 6.45) is 2.12. The van der Waals surface area contributed by atoms with Crippen molar-refractivity contribution in [1.29, 1.82) is 0 Å². The van der Waals surface area contributed by atoms with Crippen LogP contribution in [0.2, 0.25) is 0 Å². The molecule has 0 saturated carbocycles. The Kier molecular flexibility index (Phi) is 16.1. The van der Waals surface area contributed by atoms with Gasteiger partial charge in [-0.15, -0.1) is 0 Å². The topological polar surface area (TPSA) is 58.6 Å². The zero-order chi connectivity index (χ0) is 9.94. The van der Waals surface area contributed by atoms with Crippen molar-refractivity contribution in [2.45, 2.75) is 26.2 Å². The molecular weight excluding hydrogens is 195 g/mol. The van der Waals surface area contributed by atoms with Gasteiger partial charge in [0.05, 0.1) is 19.8 Å². The van der Waals surface area contributed by atoms with E-state index in [1.54, 1.807) is 0 Å². The van der Waals surface area contributed by atoms with Crippen LogP contribution in [0.5, 0.6) is 0 Å². The molecule has 0 rings (SSSR count). The van der Waals surface area contributed by atoms with E-state index < -0.39 is 5.97 Å². The van der Waals surface area contributed by atoms with E-state index in [1.807, 2.05) is 0 Å². The van der Waals surface area contributed by atoms with Crippen LogP contribution in [0.3, 0.4) is 0 Å². The second kappa shape index (κ2) is 13.4. The van der Waals surface area contributed by atoms with Gasteiger partial charge >= 0.3 is 29.6 Å². The van der Waals surface area contributed by atoms with Crippen molar-refractivity contribution in [2.75, 3.05) is 26.4 Å². The molecular formula is C9H17NaO4. The van der Waals surface area contributed by atoms with E-state index in [0.29, 0.717) is 13.2 Å². The van der Waals surface area contributed by atoms with Crippen LogP contribution >= 0.6 is 0 Å². The molecule has 0 aliphatic heterocycles. The molecule has 78 valence electrons. The fourth-order valence-corrected chi connectivity index (χ4v) is 0.724. The number of carboxylic acid groups (broad SMARTS) is 1. The molecule has 0 unspecified atom stereocenters. The number of carboxylic acids is 1. The minimum Gasteiger partial charge on any atom is -0.550 e. The number of aliphatic carboxylic acids is 1. The standard InChI is InChI=1S/C9H18O4.Na/c1-2-3-5-12-7-8-13-6-4-9(10)11;/h2-8H2,1H3,(H,10,11);/q;+1/p-1. The average molecular weight is 212 g/mol. The van der Waals surface area contributed by atoms with E-state index in [-0.39, 0.29) is 42.6 Å². The Balaban J connectivity index is 0. The first kappa shape index (κ1) is 16.8. The normalized spacial score (nSPS) is 9.50. The van der Waals surface area contributed by atoms with Crippen LogP contribution < -0.4 is 34.7 Å². The molecule has 0 atom stereocenters. The van der Waals surface area contributed by atoms with Crippen LogP contribution in [-0.4, -0.2) is 32.4 Å². The number of ether oxygens (including phenoxy) is 2. The SMILES string of the molecule is CCCCOCCOCCC(=O)[O-].[Na+]. The van der Waals surface area contributed by atoms with Crippen molar-refractivity contribution >= 4 is 5.97 Å². The predicted molar refractivity (Wildman–Crippen MR) is 46.2 cm³/mol. The number of hydrogen-bond donors (Lipinski definition) is 0. The zero-order valence-corrected chi connectivity index (χ0v) is 11.1. The van der Waals surface area contributed by atoms with Crippen LogP contribution in [0.1, 0.15) is 26.2 Å². The number of carbonyl (C=O) groups excluding carboxylic acids is 1. The van der Waals surface area contributed by atoms with Crippen molar-refractivity contribution in [3.05, 3.63) is 0 Å². The molecule has 4 nitrogen and oxygen atoms in total. The molecule has 0 N–H and O–H groups in total. The van der Waals surface area contributed by atoms with Gasteiger partial charge in [0.25, 0.3) is 0 Å². The van der Waals surface area contributed by atoms with E-state index >= 15 is 0 Å². The Hall–Kier alpha value is 0.390. The van der Waals surface area contributed by atoms with Crippen molar-refractivity contribution in [1.82, 2.24) is 0 Å². The van der Waals surface area contributed by atoms with Gasteiger partial charge in [-0.05, 0) is 6.42 Å². The van der Waals surface area contributed by atoms with Gasteiger partial charge in [-0.3, -0.25) is 0 Å². The third-order valence-electron chi connectivity index (χ3n) is 1.46. The molecule has 0 radical (unpaired) electrons. The summed E-state index contributed by atoms with van der Waals surface area (Å²) in [6, 6.07) is 0. The zero-order valence-electron chi connectivity index (χ0n) is 9.08. The van der Waals surface area contributed by atoms with Crippen molar-refractivity contribution in [3.63, 3.8) is 0 Å². The third-order valence-corrected chi connectivity index (χ3v) is 1.46. The molecule has 0 heterocycles. The largest absolute Gasteiger partial charge is 1.00 e. The minimum absolute atomic E-state index is 0. The first-order valence-electron chi connectivity index (χ1n) is 4.62. The maximum absolute atomic E-state index is 9.95. The Labute approximate surface area is 107 Å². The Morgan fingerprint density at radius 3 is 2.21 bits per heavy atom. The summed E-state index contributed by atoms with van der Waals surface area (Å²) in [5, 5.41) is 9.95. The van der Waals surface area contributed by atoms with Gasteiger partial charge in [-0.25, -0.2) is 0 Å². The van der Waals surface area contributed by atoms with Crippen molar-refractivity contribution in [3.8, 4) is 0 Å². The monoisotopic (exact) mass is 212 g/mol. The maximum atomic E-state index is 9.95. The number of carbonyl (C=O) groups is 1. The second-order valence-corrected chi connectivity index (χ2v) is 2.70. The van der Waals surface area contributed by atoms with Crippen LogP contribution in [0.25, 0.3) is 0 Å². The Morgan fingerprint density at radius 1 is 1.14 bits per heavy atom. The summed E-state index contributed by atoms with van der Waals surface area (Å²) in [7, 11) is 0. The number of rotatable bonds is 9. The first-order chi connectivity index (χ1) is 6.27. The molecule has 0 spiro atoms. The molecule has 0 aliphatic carbocycles. The summed E-state index contributed by atoms with van der Waals surface area (Å²) in [6.45, 7) is 4.05. The molecule has 0 bridgehead atoms. The summed E-state index contributed by atoms with van der Waals surface area (Å²) >= 11 is 0. The summed E-state index contributed by atoms with van der Waals surface area (Å²) in [5.74, 6) is -1.08. The summed E-state index contributed by atoms with van der Waals surface area (Å²) in [4.78, 5) is 9.95. The molecule has 0 aliphatic rings. The van der Waals surface area contributed by atoms with Gasteiger partial charge in [0, 0.05) is 19.0 Å². The molecule has 0 aromatic carbocycles. The minimum atomic E-state index is -1.08. The fraction of sp³-hybridized carbons (Fsp3) is 0.889. The van der Waals surface area contributed by atoms with Gasteiger partial charge in [0.2, 0.25) is 0 Å². The molecule has 0 amide bonds. The van der Waals surface area contributed by atoms with E-state index in [4.69, 9.17) is 9.47 Å². The molecule has 14 heavy (non-hydrogen) atoms. The maximum Gasteiger partial charge on any atom is 1.00 e. The first-order valence-corrected chi connectivity index (χ1v) is 4.62. The second-order valence-electron chi connectivity index (χ2n) is 2.70. The Morgan fingerprint density at radius 2 is 1.71 bits per heavy atom. The summed E-state index contributed by atoms with van der Waals surface area (Å²) < 4.78 is 10.2. The van der Waals surface area contributed by atoms with Gasteiger partial charge in [-0.1, -0.05) is 13.3 Å². The van der Waals surface area contributed by atoms with Crippen LogP contribution in [-0.2, 0) is 14.3 Å². The van der Waals surface area contributed by atoms with Gasteiger partial charge in [-0.2, -0.15) is 0 Å². The fourth-order valence-electron chi connectivity index (χ4n) is 0.724. The van der Waals surface area contributed by atoms with Gasteiger partial charge in [0.1, 0.15) is 0 Å². The molecule has 0 saturated heterocycles. The van der Waals surface area contributed by atoms with E-state index in [2.05, 4.69) is 6.92 Å². The number of hydrogen-bond acceptors (Lipinski definition) is 4. The van der Waals surface area contributed by atoms with Gasteiger partial charge < -0.3 is 19.4 Å². The van der Waals surface area contributed by atoms with Crippen molar-refractivity contribution in [2.24, 2.45) is 0 Å². The van der Waals surface area contributed by atoms with E-state index in [9.17, 15) is 9.90 Å². The number of unbranched alkanes of at least 4 members (excludes halogenated alkanes) is 1. The van der Waals surface area contributed by atoms with Gasteiger partial charge in [0.15, 0.2) is 0 Å². The van der Waals surface area contributed by atoms with E-state index in [1.165, 1.54) is 0 Å². The quantitative estimate of drug-likeness (QED) is 0.301. The third kappa shape index (κ3) is 14.9. The Bertz CT molecular complexity index is 130. The predicted octanol–water partition coefficient (Wildman–Crippen LogP) is -3.04. The smallest absolute Gasteiger partial charge is 0.550 e. The van der Waals surface area contributed by atoms with E-state index in [0.717, 1.165) is 19.4 Å². The molecule has 5 heteroatoms. The average Bonchev–Trinajstić information content (AvgIpc) is 2.09. The molecule has 0 fully saturated rings. The summed E-state index contributed by atoms with van der Waals surface area (Å²) in [5.41, 5.74) is 0. The van der Waals surface area contributed by atoms with Crippen LogP contribution in [0, 0.1) is 0 Å². The van der Waals surface area contributed by atoms with Crippen molar-refractivity contribution < 1.29 is 48.9 Å².